The van der Waals surface area contributed by atoms with E-state index in [2.05, 4.69) is 39.9 Å². The van der Waals surface area contributed by atoms with Crippen LogP contribution in [0.15, 0.2) is 18.2 Å². The van der Waals surface area contributed by atoms with Crippen molar-refractivity contribution in [2.45, 2.75) is 58.4 Å². The van der Waals surface area contributed by atoms with Gasteiger partial charge in [0.2, 0.25) is 0 Å². The van der Waals surface area contributed by atoms with Gasteiger partial charge in [-0.1, -0.05) is 31.5 Å². The Morgan fingerprint density at radius 2 is 1.85 bits per heavy atom. The number of benzene rings is 1. The Balaban J connectivity index is 2.29. The van der Waals surface area contributed by atoms with Crippen LogP contribution < -0.4 is 5.32 Å². The minimum atomic E-state index is -0.267. The average molecular weight is 298 g/mol. The first-order valence-corrected chi connectivity index (χ1v) is 7.62. The van der Waals surface area contributed by atoms with Crippen molar-refractivity contribution in [3.8, 4) is 0 Å². The SMILES string of the molecule is CC1(C)CC(CNC(C)(C)C)(c2ccc(F)cc2Cl)C1. The van der Waals surface area contributed by atoms with Gasteiger partial charge in [-0.3, -0.25) is 0 Å². The predicted molar refractivity (Wildman–Crippen MR) is 83.9 cm³/mol. The molecule has 0 spiro atoms. The molecule has 0 heterocycles. The first-order valence-electron chi connectivity index (χ1n) is 7.24. The molecule has 0 bridgehead atoms. The fraction of sp³-hybridized carbons (Fsp3) is 0.647. The Hall–Kier alpha value is -0.600. The second kappa shape index (κ2) is 4.99. The van der Waals surface area contributed by atoms with E-state index in [0.29, 0.717) is 10.4 Å². The van der Waals surface area contributed by atoms with Crippen molar-refractivity contribution in [3.63, 3.8) is 0 Å². The van der Waals surface area contributed by atoms with Crippen LogP contribution in [0.3, 0.4) is 0 Å². The van der Waals surface area contributed by atoms with Gasteiger partial charge in [0, 0.05) is 22.5 Å². The monoisotopic (exact) mass is 297 g/mol. The molecule has 0 aromatic heterocycles. The third-order valence-corrected chi connectivity index (χ3v) is 4.41. The standard InChI is InChI=1S/C17H25ClFN/c1-15(2,3)20-11-17(9-16(4,5)10-17)13-7-6-12(19)8-14(13)18/h6-8,20H,9-11H2,1-5H3. The quantitative estimate of drug-likeness (QED) is 0.834. The van der Waals surface area contributed by atoms with Crippen molar-refractivity contribution in [1.29, 1.82) is 0 Å². The zero-order valence-corrected chi connectivity index (χ0v) is 13.9. The maximum absolute atomic E-state index is 13.3. The van der Waals surface area contributed by atoms with Gasteiger partial charge in [0.25, 0.3) is 0 Å². The van der Waals surface area contributed by atoms with Crippen LogP contribution in [-0.2, 0) is 5.41 Å². The third kappa shape index (κ3) is 3.35. The first-order chi connectivity index (χ1) is 9.03. The average Bonchev–Trinajstić information content (AvgIpc) is 2.22. The number of halogens is 2. The van der Waals surface area contributed by atoms with E-state index in [1.54, 1.807) is 0 Å². The van der Waals surface area contributed by atoms with Crippen molar-refractivity contribution in [2.24, 2.45) is 5.41 Å². The van der Waals surface area contributed by atoms with Gasteiger partial charge in [-0.2, -0.15) is 0 Å². The Morgan fingerprint density at radius 1 is 1.25 bits per heavy atom. The molecule has 0 unspecified atom stereocenters. The van der Waals surface area contributed by atoms with Crippen LogP contribution in [0.2, 0.25) is 5.02 Å². The minimum absolute atomic E-state index is 0.0293. The van der Waals surface area contributed by atoms with Crippen LogP contribution in [0.4, 0.5) is 4.39 Å². The topological polar surface area (TPSA) is 12.0 Å². The molecule has 1 N–H and O–H groups in total. The summed E-state index contributed by atoms with van der Waals surface area (Å²) in [5.74, 6) is -0.267. The van der Waals surface area contributed by atoms with E-state index in [9.17, 15) is 4.39 Å². The van der Waals surface area contributed by atoms with Gasteiger partial charge >= 0.3 is 0 Å². The van der Waals surface area contributed by atoms with Crippen LogP contribution >= 0.6 is 11.6 Å². The van der Waals surface area contributed by atoms with Gasteiger partial charge in [-0.05, 0) is 56.7 Å². The van der Waals surface area contributed by atoms with Crippen molar-refractivity contribution in [2.75, 3.05) is 6.54 Å². The van der Waals surface area contributed by atoms with E-state index in [1.165, 1.54) is 12.1 Å². The molecule has 1 nitrogen and oxygen atoms in total. The summed E-state index contributed by atoms with van der Waals surface area (Å²) in [6, 6.07) is 4.81. The second-order valence-electron chi connectivity index (χ2n) is 8.03. The van der Waals surface area contributed by atoms with Crippen LogP contribution in [0.5, 0.6) is 0 Å². The Labute approximate surface area is 126 Å². The molecule has 0 radical (unpaired) electrons. The van der Waals surface area contributed by atoms with Crippen LogP contribution in [0.25, 0.3) is 0 Å². The molecule has 0 aliphatic heterocycles. The molecule has 0 amide bonds. The van der Waals surface area contributed by atoms with E-state index >= 15 is 0 Å². The zero-order valence-electron chi connectivity index (χ0n) is 13.1. The van der Waals surface area contributed by atoms with Gasteiger partial charge in [0.15, 0.2) is 0 Å². The summed E-state index contributed by atoms with van der Waals surface area (Å²) >= 11 is 6.30. The smallest absolute Gasteiger partial charge is 0.124 e. The van der Waals surface area contributed by atoms with E-state index in [4.69, 9.17) is 11.6 Å². The fourth-order valence-corrected chi connectivity index (χ4v) is 3.91. The van der Waals surface area contributed by atoms with Crippen molar-refractivity contribution in [1.82, 2.24) is 5.32 Å². The normalized spacial score (nSPS) is 20.6. The fourth-order valence-electron chi connectivity index (χ4n) is 3.54. The number of rotatable bonds is 3. The van der Waals surface area contributed by atoms with Crippen LogP contribution in [0, 0.1) is 11.2 Å². The van der Waals surface area contributed by atoms with Gasteiger partial charge < -0.3 is 5.32 Å². The molecule has 1 aromatic carbocycles. The lowest BCUT2D eigenvalue weighted by atomic mass is 9.51. The molecule has 2 rings (SSSR count). The van der Waals surface area contributed by atoms with Gasteiger partial charge in [0.05, 0.1) is 0 Å². The molecular formula is C17H25ClFN. The molecule has 1 aliphatic rings. The first kappa shape index (κ1) is 15.8. The molecule has 0 saturated heterocycles. The Morgan fingerprint density at radius 3 is 2.30 bits per heavy atom. The van der Waals surface area contributed by atoms with Crippen molar-refractivity contribution in [3.05, 3.63) is 34.6 Å². The summed E-state index contributed by atoms with van der Waals surface area (Å²) in [6.07, 6.45) is 2.16. The largest absolute Gasteiger partial charge is 0.311 e. The molecule has 1 aliphatic carbocycles. The molecule has 112 valence electrons. The summed E-state index contributed by atoms with van der Waals surface area (Å²) in [5.41, 5.74) is 1.51. The van der Waals surface area contributed by atoms with E-state index in [0.717, 1.165) is 24.9 Å². The Bertz CT molecular complexity index is 494. The van der Waals surface area contributed by atoms with Crippen LogP contribution in [0.1, 0.15) is 53.0 Å². The van der Waals surface area contributed by atoms with Gasteiger partial charge in [-0.25, -0.2) is 4.39 Å². The lowest BCUT2D eigenvalue weighted by molar-refractivity contribution is 0.0513. The third-order valence-electron chi connectivity index (χ3n) is 4.09. The maximum atomic E-state index is 13.3. The highest BCUT2D eigenvalue weighted by Gasteiger charge is 2.50. The molecule has 1 saturated carbocycles. The van der Waals surface area contributed by atoms with E-state index in [-0.39, 0.29) is 16.8 Å². The summed E-state index contributed by atoms with van der Waals surface area (Å²) in [4.78, 5) is 0. The number of nitrogens with one attached hydrogen (secondary N) is 1. The Kier molecular flexibility index (Phi) is 3.94. The van der Waals surface area contributed by atoms with Gasteiger partial charge in [-0.15, -0.1) is 0 Å². The summed E-state index contributed by atoms with van der Waals surface area (Å²) in [5, 5.41) is 4.14. The van der Waals surface area contributed by atoms with Crippen LogP contribution in [-0.4, -0.2) is 12.1 Å². The molecule has 1 aromatic rings. The second-order valence-corrected chi connectivity index (χ2v) is 8.43. The highest BCUT2D eigenvalue weighted by molar-refractivity contribution is 6.31. The highest BCUT2D eigenvalue weighted by Crippen LogP contribution is 2.56. The number of hydrogen-bond donors (Lipinski definition) is 1. The van der Waals surface area contributed by atoms with E-state index < -0.39 is 0 Å². The summed E-state index contributed by atoms with van der Waals surface area (Å²) in [7, 11) is 0. The molecule has 20 heavy (non-hydrogen) atoms. The minimum Gasteiger partial charge on any atom is -0.311 e. The van der Waals surface area contributed by atoms with Crippen molar-refractivity contribution >= 4 is 11.6 Å². The maximum Gasteiger partial charge on any atom is 0.124 e. The summed E-state index contributed by atoms with van der Waals surface area (Å²) in [6.45, 7) is 11.9. The molecule has 3 heteroatoms. The van der Waals surface area contributed by atoms with Crippen molar-refractivity contribution < 1.29 is 4.39 Å². The molecule has 0 atom stereocenters. The zero-order chi connectivity index (χ0) is 15.2. The molecule has 1 fully saturated rings. The lowest BCUT2D eigenvalue weighted by Crippen LogP contribution is -2.55. The van der Waals surface area contributed by atoms with Gasteiger partial charge in [0.1, 0.15) is 5.82 Å². The highest BCUT2D eigenvalue weighted by atomic mass is 35.5. The summed E-state index contributed by atoms with van der Waals surface area (Å²) < 4.78 is 13.3. The lowest BCUT2D eigenvalue weighted by Gasteiger charge is -2.55. The molecular weight excluding hydrogens is 273 g/mol. The number of hydrogen-bond acceptors (Lipinski definition) is 1. The predicted octanol–water partition coefficient (Wildman–Crippen LogP) is 4.93. The van der Waals surface area contributed by atoms with E-state index in [1.807, 2.05) is 6.07 Å².